The summed E-state index contributed by atoms with van der Waals surface area (Å²) in [6.07, 6.45) is 0.550. The van der Waals surface area contributed by atoms with Gasteiger partial charge in [-0.25, -0.2) is 4.98 Å². The Bertz CT molecular complexity index is 914. The summed E-state index contributed by atoms with van der Waals surface area (Å²) in [5.41, 5.74) is 3.37. The zero-order valence-electron chi connectivity index (χ0n) is 15.4. The number of likely N-dealkylation sites (tertiary alicyclic amines) is 1. The lowest BCUT2D eigenvalue weighted by molar-refractivity contribution is -0.128. The second kappa shape index (κ2) is 6.94. The number of fused-ring (bicyclic) bond motifs is 1. The van der Waals surface area contributed by atoms with Crippen LogP contribution in [0, 0.1) is 5.92 Å². The van der Waals surface area contributed by atoms with Crippen LogP contribution in [0.3, 0.4) is 0 Å². The van der Waals surface area contributed by atoms with Gasteiger partial charge in [-0.15, -0.1) is 0 Å². The second-order valence-electron chi connectivity index (χ2n) is 7.62. The molecule has 1 aliphatic heterocycles. The minimum Gasteiger partial charge on any atom is -0.338 e. The van der Waals surface area contributed by atoms with E-state index in [1.165, 1.54) is 11.1 Å². The number of nitrogens with zero attached hydrogens (tertiary/aromatic N) is 3. The zero-order chi connectivity index (χ0) is 18.1. The Kier molecular flexibility index (Phi) is 4.49. The maximum atomic E-state index is 12.6. The van der Waals surface area contributed by atoms with Gasteiger partial charge in [0.15, 0.2) is 0 Å². The molecule has 26 heavy (non-hydrogen) atoms. The van der Waals surface area contributed by atoms with E-state index in [0.717, 1.165) is 24.4 Å². The average Bonchev–Trinajstić information content (AvgIpc) is 3.17. The zero-order valence-corrected chi connectivity index (χ0v) is 15.4. The highest BCUT2D eigenvalue weighted by molar-refractivity contribution is 5.81. The molecular formula is C22H25N3O. The molecule has 1 fully saturated rings. The number of rotatable bonds is 5. The number of carbonyl (C=O) groups is 1. The maximum Gasteiger partial charge on any atom is 0.223 e. The van der Waals surface area contributed by atoms with Gasteiger partial charge in [-0.3, -0.25) is 4.79 Å². The molecule has 0 N–H and O–H groups in total. The van der Waals surface area contributed by atoms with Gasteiger partial charge < -0.3 is 9.47 Å². The molecule has 1 atom stereocenters. The lowest BCUT2D eigenvalue weighted by Gasteiger charge is -2.18. The van der Waals surface area contributed by atoms with Gasteiger partial charge in [0, 0.05) is 32.0 Å². The van der Waals surface area contributed by atoms with Gasteiger partial charge in [0.25, 0.3) is 0 Å². The van der Waals surface area contributed by atoms with Crippen LogP contribution in [0.1, 0.15) is 37.6 Å². The van der Waals surface area contributed by atoms with Gasteiger partial charge in [-0.1, -0.05) is 56.3 Å². The van der Waals surface area contributed by atoms with E-state index >= 15 is 0 Å². The molecule has 0 aliphatic carbocycles. The van der Waals surface area contributed by atoms with E-state index in [1.54, 1.807) is 0 Å². The summed E-state index contributed by atoms with van der Waals surface area (Å²) in [5, 5.41) is 0. The molecule has 134 valence electrons. The van der Waals surface area contributed by atoms with Crippen molar-refractivity contribution in [3.05, 3.63) is 66.0 Å². The highest BCUT2D eigenvalue weighted by atomic mass is 16.2. The van der Waals surface area contributed by atoms with E-state index in [-0.39, 0.29) is 11.8 Å². The van der Waals surface area contributed by atoms with Crippen LogP contribution in [0.2, 0.25) is 0 Å². The summed E-state index contributed by atoms with van der Waals surface area (Å²) in [6, 6.07) is 18.5. The van der Waals surface area contributed by atoms with Crippen LogP contribution < -0.4 is 0 Å². The Morgan fingerprint density at radius 2 is 1.81 bits per heavy atom. The first-order chi connectivity index (χ1) is 12.6. The third-order valence-corrected chi connectivity index (χ3v) is 5.03. The van der Waals surface area contributed by atoms with Crippen molar-refractivity contribution in [1.29, 1.82) is 0 Å². The van der Waals surface area contributed by atoms with E-state index in [2.05, 4.69) is 48.7 Å². The molecule has 0 saturated carbocycles. The van der Waals surface area contributed by atoms with Crippen molar-refractivity contribution in [1.82, 2.24) is 14.5 Å². The quantitative estimate of drug-likeness (QED) is 0.693. The summed E-state index contributed by atoms with van der Waals surface area (Å²) >= 11 is 0. The van der Waals surface area contributed by atoms with Gasteiger partial charge in [0.05, 0.1) is 11.0 Å². The molecule has 4 nitrogen and oxygen atoms in total. The van der Waals surface area contributed by atoms with E-state index in [0.29, 0.717) is 18.9 Å². The second-order valence-corrected chi connectivity index (χ2v) is 7.62. The van der Waals surface area contributed by atoms with E-state index in [4.69, 9.17) is 4.98 Å². The number of para-hydroxylation sites is 2. The number of imidazole rings is 1. The third kappa shape index (κ3) is 3.24. The predicted octanol–water partition coefficient (Wildman–Crippen LogP) is 4.21. The molecule has 4 heteroatoms. The molecular weight excluding hydrogens is 322 g/mol. The number of hydrogen-bond donors (Lipinski definition) is 0. The minimum absolute atomic E-state index is 0.164. The SMILES string of the molecule is CC(C)Cn1c([C@@H]2CC(=O)N(Cc3ccccc3)C2)nc2ccccc21. The van der Waals surface area contributed by atoms with Crippen molar-refractivity contribution in [3.8, 4) is 0 Å². The first kappa shape index (κ1) is 16.8. The predicted molar refractivity (Wildman–Crippen MR) is 104 cm³/mol. The minimum atomic E-state index is 0.164. The standard InChI is InChI=1S/C22H25N3O/c1-16(2)13-25-20-11-7-6-10-19(20)23-22(25)18-12-21(26)24(15-18)14-17-8-4-3-5-9-17/h3-11,16,18H,12-15H2,1-2H3/t18-/m1/s1. The highest BCUT2D eigenvalue weighted by Gasteiger charge is 2.34. The lowest BCUT2D eigenvalue weighted by atomic mass is 10.1. The van der Waals surface area contributed by atoms with Crippen LogP contribution in [0.25, 0.3) is 11.0 Å². The van der Waals surface area contributed by atoms with Crippen molar-refractivity contribution in [2.45, 2.75) is 39.3 Å². The molecule has 2 aromatic carbocycles. The van der Waals surface area contributed by atoms with Crippen molar-refractivity contribution < 1.29 is 4.79 Å². The lowest BCUT2D eigenvalue weighted by Crippen LogP contribution is -2.24. The van der Waals surface area contributed by atoms with Crippen molar-refractivity contribution in [2.24, 2.45) is 5.92 Å². The van der Waals surface area contributed by atoms with E-state index in [1.807, 2.05) is 29.2 Å². The summed E-state index contributed by atoms with van der Waals surface area (Å²) in [6.45, 7) is 6.80. The van der Waals surface area contributed by atoms with Crippen LogP contribution in [-0.4, -0.2) is 26.9 Å². The molecule has 1 aliphatic rings. The van der Waals surface area contributed by atoms with Crippen LogP contribution in [0.4, 0.5) is 0 Å². The number of carbonyl (C=O) groups excluding carboxylic acids is 1. The van der Waals surface area contributed by atoms with Crippen LogP contribution in [-0.2, 0) is 17.9 Å². The summed E-state index contributed by atoms with van der Waals surface area (Å²) in [4.78, 5) is 19.5. The summed E-state index contributed by atoms with van der Waals surface area (Å²) < 4.78 is 2.32. The molecule has 1 saturated heterocycles. The first-order valence-electron chi connectivity index (χ1n) is 9.38. The third-order valence-electron chi connectivity index (χ3n) is 5.03. The molecule has 4 rings (SSSR count). The van der Waals surface area contributed by atoms with Crippen molar-refractivity contribution >= 4 is 16.9 Å². The molecule has 1 aromatic heterocycles. The van der Waals surface area contributed by atoms with E-state index < -0.39 is 0 Å². The monoisotopic (exact) mass is 347 g/mol. The Balaban J connectivity index is 1.62. The van der Waals surface area contributed by atoms with Gasteiger partial charge in [-0.05, 0) is 23.6 Å². The number of aromatic nitrogens is 2. The van der Waals surface area contributed by atoms with E-state index in [9.17, 15) is 4.79 Å². The topological polar surface area (TPSA) is 38.1 Å². The molecule has 0 spiro atoms. The Labute approximate surface area is 154 Å². The maximum absolute atomic E-state index is 12.6. The number of benzene rings is 2. The molecule has 3 aromatic rings. The molecule has 0 unspecified atom stereocenters. The first-order valence-corrected chi connectivity index (χ1v) is 9.38. The fourth-order valence-electron chi connectivity index (χ4n) is 3.86. The fourth-order valence-corrected chi connectivity index (χ4v) is 3.86. The Morgan fingerprint density at radius 3 is 2.58 bits per heavy atom. The molecule has 2 heterocycles. The molecule has 0 bridgehead atoms. The van der Waals surface area contributed by atoms with Crippen LogP contribution in [0.15, 0.2) is 54.6 Å². The largest absolute Gasteiger partial charge is 0.338 e. The van der Waals surface area contributed by atoms with Crippen molar-refractivity contribution in [3.63, 3.8) is 0 Å². The average molecular weight is 347 g/mol. The molecule has 1 amide bonds. The Morgan fingerprint density at radius 1 is 1.08 bits per heavy atom. The Hall–Kier alpha value is -2.62. The number of hydrogen-bond acceptors (Lipinski definition) is 2. The highest BCUT2D eigenvalue weighted by Crippen LogP contribution is 2.31. The smallest absolute Gasteiger partial charge is 0.223 e. The van der Waals surface area contributed by atoms with Crippen LogP contribution >= 0.6 is 0 Å². The van der Waals surface area contributed by atoms with Crippen molar-refractivity contribution in [2.75, 3.05) is 6.54 Å². The summed E-state index contributed by atoms with van der Waals surface area (Å²) in [7, 11) is 0. The fraction of sp³-hybridized carbons (Fsp3) is 0.364. The summed E-state index contributed by atoms with van der Waals surface area (Å²) in [5.74, 6) is 1.98. The van der Waals surface area contributed by atoms with Gasteiger partial charge in [-0.2, -0.15) is 0 Å². The number of amides is 1. The van der Waals surface area contributed by atoms with Gasteiger partial charge in [0.1, 0.15) is 5.82 Å². The normalized spacial score (nSPS) is 17.6. The molecule has 0 radical (unpaired) electrons. The van der Waals surface area contributed by atoms with Gasteiger partial charge >= 0.3 is 0 Å². The van der Waals surface area contributed by atoms with Crippen LogP contribution in [0.5, 0.6) is 0 Å². The van der Waals surface area contributed by atoms with Gasteiger partial charge in [0.2, 0.25) is 5.91 Å².